The number of rotatable bonds is 8. The van der Waals surface area contributed by atoms with Gasteiger partial charge in [0.2, 0.25) is 0 Å². The molecule has 50 heavy (non-hydrogen) atoms. The van der Waals surface area contributed by atoms with Crippen LogP contribution in [-0.2, 0) is 25.7 Å². The third-order valence-corrected chi connectivity index (χ3v) is 5.30. The number of carboxylic acid groups (broad SMARTS) is 3. The van der Waals surface area contributed by atoms with Crippen molar-refractivity contribution >= 4 is 35.4 Å². The lowest BCUT2D eigenvalue weighted by Gasteiger charge is -2.25. The summed E-state index contributed by atoms with van der Waals surface area (Å²) in [5, 5.41) is 31.1. The Hall–Kier alpha value is -5.54. The largest absolute Gasteiger partial charge is 0.490 e. The van der Waals surface area contributed by atoms with E-state index in [2.05, 4.69) is 25.3 Å². The number of carbonyl (C=O) groups is 4. The fourth-order valence-electron chi connectivity index (χ4n) is 2.88. The molecule has 5 N–H and O–H groups in total. The van der Waals surface area contributed by atoms with Crippen molar-refractivity contribution in [3.63, 3.8) is 0 Å². The summed E-state index contributed by atoms with van der Waals surface area (Å²) in [4.78, 5) is 43.3. The van der Waals surface area contributed by atoms with Crippen molar-refractivity contribution in [3.8, 4) is 11.1 Å². The average Bonchev–Trinajstić information content (AvgIpc) is 3.54. The molecule has 1 amide bonds. The number of aliphatic carboxylic acids is 3. The molecule has 0 unspecified atom stereocenters. The first-order valence-electron chi connectivity index (χ1n) is 13.2. The number of carbonyl (C=O) groups excluding carboxylic acids is 1. The molecule has 0 atom stereocenters. The van der Waals surface area contributed by atoms with Crippen molar-refractivity contribution in [3.05, 3.63) is 66.5 Å². The monoisotopic (exact) mass is 735 g/mol. The van der Waals surface area contributed by atoms with Gasteiger partial charge in [-0.25, -0.2) is 19.2 Å². The summed E-state index contributed by atoms with van der Waals surface area (Å²) >= 11 is 0. The number of carboxylic acids is 3. The molecule has 2 aromatic carbocycles. The van der Waals surface area contributed by atoms with E-state index in [0.717, 1.165) is 35.5 Å². The first-order valence-corrected chi connectivity index (χ1v) is 13.2. The Morgan fingerprint density at radius 3 is 1.64 bits per heavy atom. The maximum absolute atomic E-state index is 12.4. The van der Waals surface area contributed by atoms with Crippen LogP contribution in [-0.4, -0.2) is 107 Å². The number of anilines is 2. The lowest BCUT2D eigenvalue weighted by molar-refractivity contribution is -0.193. The van der Waals surface area contributed by atoms with Crippen LogP contribution in [0.3, 0.4) is 0 Å². The molecule has 0 aliphatic carbocycles. The van der Waals surface area contributed by atoms with Crippen molar-refractivity contribution in [2.75, 3.05) is 44.4 Å². The molecule has 278 valence electrons. The molecule has 3 aromatic rings. The zero-order chi connectivity index (χ0) is 38.9. The molecule has 22 heteroatoms. The molecular formula is C28H30F9N5O8. The number of H-pyrrole nitrogens is 1. The number of hydrogen-bond donors (Lipinski definition) is 5. The molecule has 0 spiro atoms. The van der Waals surface area contributed by atoms with Crippen LogP contribution in [0.1, 0.15) is 5.56 Å². The molecule has 0 radical (unpaired) electrons. The van der Waals surface area contributed by atoms with Crippen LogP contribution >= 0.6 is 0 Å². The van der Waals surface area contributed by atoms with Crippen LogP contribution in [0.5, 0.6) is 0 Å². The van der Waals surface area contributed by atoms with Gasteiger partial charge >= 0.3 is 42.5 Å². The zero-order valence-electron chi connectivity index (χ0n) is 26.0. The van der Waals surface area contributed by atoms with E-state index < -0.39 is 42.5 Å². The molecule has 0 saturated heterocycles. The molecule has 3 rings (SSSR count). The number of benzene rings is 2. The van der Waals surface area contributed by atoms with Crippen molar-refractivity contribution in [1.29, 1.82) is 0 Å². The summed E-state index contributed by atoms with van der Waals surface area (Å²) in [5.41, 5.74) is 4.58. The minimum absolute atomic E-state index is 0.228. The Labute approximate surface area is 276 Å². The SMILES string of the molecule is CN(C)CCN(C)c1cc(-c2cn[nH]c2)ccc1NC(=O)OCc1ccccc1.O=C(O)C(F)(F)F.O=C(O)C(F)(F)F.O=C(O)C(F)(F)F. The molecule has 0 fully saturated rings. The van der Waals surface area contributed by atoms with E-state index in [9.17, 15) is 44.3 Å². The topological polar surface area (TPSA) is 185 Å². The first kappa shape index (κ1) is 44.5. The van der Waals surface area contributed by atoms with Gasteiger partial charge in [0.1, 0.15) is 6.61 Å². The zero-order valence-corrected chi connectivity index (χ0v) is 26.0. The number of ether oxygens (including phenoxy) is 1. The highest BCUT2D eigenvalue weighted by Crippen LogP contribution is 2.31. The summed E-state index contributed by atoms with van der Waals surface area (Å²) in [6.45, 7) is 1.94. The predicted octanol–water partition coefficient (Wildman–Crippen LogP) is 5.72. The number of alkyl halides is 9. The van der Waals surface area contributed by atoms with E-state index in [1.807, 2.05) is 75.9 Å². The smallest absolute Gasteiger partial charge is 0.475 e. The number of nitrogens with zero attached hydrogens (tertiary/aromatic N) is 3. The van der Waals surface area contributed by atoms with Crippen molar-refractivity contribution in [1.82, 2.24) is 15.1 Å². The Bertz CT molecular complexity index is 1440. The van der Waals surface area contributed by atoms with Crippen LogP contribution in [0.2, 0.25) is 0 Å². The molecular weight excluding hydrogens is 705 g/mol. The Kier molecular flexibility index (Phi) is 17.9. The van der Waals surface area contributed by atoms with Gasteiger partial charge in [-0.15, -0.1) is 0 Å². The molecule has 1 aromatic heterocycles. The quantitative estimate of drug-likeness (QED) is 0.178. The molecule has 0 aliphatic heterocycles. The van der Waals surface area contributed by atoms with Gasteiger partial charge in [0, 0.05) is 31.9 Å². The minimum atomic E-state index is -5.08. The maximum Gasteiger partial charge on any atom is 0.490 e. The van der Waals surface area contributed by atoms with Gasteiger partial charge in [0.25, 0.3) is 0 Å². The number of amides is 1. The first-order chi connectivity index (χ1) is 22.9. The van der Waals surface area contributed by atoms with E-state index in [-0.39, 0.29) is 6.61 Å². The van der Waals surface area contributed by atoms with Crippen LogP contribution in [0.15, 0.2) is 60.9 Å². The van der Waals surface area contributed by atoms with Gasteiger partial charge in [-0.1, -0.05) is 36.4 Å². The molecule has 1 heterocycles. The average molecular weight is 736 g/mol. The summed E-state index contributed by atoms with van der Waals surface area (Å²) in [5.74, 6) is -8.27. The summed E-state index contributed by atoms with van der Waals surface area (Å²) in [7, 11) is 6.09. The standard InChI is InChI=1S/C22H27N5O2.3C2HF3O2/c1-26(2)11-12-27(3)21-13-18(19-14-23-24-15-19)9-10-20(21)25-22(28)29-16-17-7-5-4-6-8-17;3*3-2(4,5)1(6)7/h4-10,13-15H,11-12,16H2,1-3H3,(H,23,24)(H,25,28);3*(H,6,7). The predicted molar refractivity (Wildman–Crippen MR) is 157 cm³/mol. The second-order valence-corrected chi connectivity index (χ2v) is 9.54. The third kappa shape index (κ3) is 18.7. The lowest BCUT2D eigenvalue weighted by Crippen LogP contribution is -2.29. The third-order valence-electron chi connectivity index (χ3n) is 5.30. The normalized spacial score (nSPS) is 11.0. The van der Waals surface area contributed by atoms with Gasteiger partial charge in [-0.3, -0.25) is 10.4 Å². The van der Waals surface area contributed by atoms with Gasteiger partial charge in [-0.05, 0) is 37.4 Å². The second kappa shape index (κ2) is 20.1. The lowest BCUT2D eigenvalue weighted by atomic mass is 10.1. The fraction of sp³-hybridized carbons (Fsp3) is 0.321. The Morgan fingerprint density at radius 2 is 1.24 bits per heavy atom. The van der Waals surface area contributed by atoms with E-state index in [0.29, 0.717) is 5.69 Å². The fourth-order valence-corrected chi connectivity index (χ4v) is 2.88. The summed E-state index contributed by atoms with van der Waals surface area (Å²) in [6, 6.07) is 15.5. The molecule has 0 aliphatic rings. The summed E-state index contributed by atoms with van der Waals surface area (Å²) < 4.78 is 101. The summed E-state index contributed by atoms with van der Waals surface area (Å²) in [6.07, 6.45) is -12.1. The van der Waals surface area contributed by atoms with Crippen LogP contribution in [0.25, 0.3) is 11.1 Å². The van der Waals surface area contributed by atoms with Crippen molar-refractivity contribution < 1.29 is 78.7 Å². The van der Waals surface area contributed by atoms with Gasteiger partial charge in [-0.2, -0.15) is 44.6 Å². The van der Waals surface area contributed by atoms with E-state index >= 15 is 0 Å². The van der Waals surface area contributed by atoms with E-state index in [1.54, 1.807) is 6.20 Å². The molecule has 0 saturated carbocycles. The van der Waals surface area contributed by atoms with Crippen LogP contribution in [0.4, 0.5) is 55.7 Å². The van der Waals surface area contributed by atoms with Gasteiger partial charge < -0.3 is 29.9 Å². The highest BCUT2D eigenvalue weighted by atomic mass is 19.4. The molecule has 13 nitrogen and oxygen atoms in total. The highest BCUT2D eigenvalue weighted by Gasteiger charge is 2.39. The number of nitrogens with one attached hydrogen (secondary N) is 2. The Balaban J connectivity index is 0.000000928. The number of aromatic nitrogens is 2. The van der Waals surface area contributed by atoms with Crippen LogP contribution in [0, 0.1) is 0 Å². The van der Waals surface area contributed by atoms with Crippen molar-refractivity contribution in [2.45, 2.75) is 25.1 Å². The number of aromatic amines is 1. The Morgan fingerprint density at radius 1 is 0.760 bits per heavy atom. The minimum Gasteiger partial charge on any atom is -0.475 e. The number of likely N-dealkylation sites (N-methyl/N-ethyl adjacent to an activating group) is 2. The number of hydrogen-bond acceptors (Lipinski definition) is 8. The van der Waals surface area contributed by atoms with E-state index in [4.69, 9.17) is 34.4 Å². The van der Waals surface area contributed by atoms with E-state index in [1.165, 1.54) is 0 Å². The van der Waals surface area contributed by atoms with Crippen molar-refractivity contribution in [2.24, 2.45) is 0 Å². The van der Waals surface area contributed by atoms with Crippen LogP contribution < -0.4 is 10.2 Å². The number of halogens is 9. The van der Waals surface area contributed by atoms with Gasteiger partial charge in [0.05, 0.1) is 17.6 Å². The second-order valence-electron chi connectivity index (χ2n) is 9.54. The maximum atomic E-state index is 12.4. The molecule has 0 bridgehead atoms. The van der Waals surface area contributed by atoms with Gasteiger partial charge in [0.15, 0.2) is 0 Å². The highest BCUT2D eigenvalue weighted by molar-refractivity contribution is 5.91.